The van der Waals surface area contributed by atoms with Gasteiger partial charge in [0.05, 0.1) is 6.42 Å². The van der Waals surface area contributed by atoms with Gasteiger partial charge in [0.15, 0.2) is 0 Å². The summed E-state index contributed by atoms with van der Waals surface area (Å²) < 4.78 is 0. The van der Waals surface area contributed by atoms with E-state index in [4.69, 9.17) is 5.11 Å². The number of nitrogens with zero attached hydrogens (tertiary/aromatic N) is 1. The molecule has 1 aliphatic heterocycles. The van der Waals surface area contributed by atoms with E-state index < -0.39 is 5.97 Å². The fraction of sp³-hybridized carbons (Fsp3) is 0.909. The molecular formula is C11H22N2O2. The molecule has 0 bridgehead atoms. The van der Waals surface area contributed by atoms with E-state index in [0.29, 0.717) is 6.54 Å². The van der Waals surface area contributed by atoms with Crippen molar-refractivity contribution in [1.29, 1.82) is 0 Å². The zero-order valence-corrected chi connectivity index (χ0v) is 9.54. The van der Waals surface area contributed by atoms with Crippen molar-refractivity contribution in [1.82, 2.24) is 10.2 Å². The van der Waals surface area contributed by atoms with Crippen molar-refractivity contribution in [2.45, 2.75) is 26.2 Å². The van der Waals surface area contributed by atoms with Crippen LogP contribution in [0.5, 0.6) is 0 Å². The SMILES string of the molecule is CCNCC1CCN(CCC(=O)O)CC1. The van der Waals surface area contributed by atoms with Crippen LogP contribution >= 0.6 is 0 Å². The third kappa shape index (κ3) is 5.14. The molecule has 1 saturated heterocycles. The maximum Gasteiger partial charge on any atom is 0.304 e. The Bertz CT molecular complexity index is 189. The number of carbonyl (C=O) groups is 1. The average molecular weight is 214 g/mol. The maximum absolute atomic E-state index is 10.4. The highest BCUT2D eigenvalue weighted by Gasteiger charge is 2.18. The van der Waals surface area contributed by atoms with Crippen LogP contribution < -0.4 is 5.32 Å². The molecule has 0 aromatic carbocycles. The zero-order valence-electron chi connectivity index (χ0n) is 9.54. The second-order valence-electron chi connectivity index (χ2n) is 4.24. The number of rotatable bonds is 6. The van der Waals surface area contributed by atoms with Gasteiger partial charge >= 0.3 is 5.97 Å². The first-order valence-corrected chi connectivity index (χ1v) is 5.87. The lowest BCUT2D eigenvalue weighted by molar-refractivity contribution is -0.137. The maximum atomic E-state index is 10.4. The topological polar surface area (TPSA) is 52.6 Å². The van der Waals surface area contributed by atoms with Crippen LogP contribution in [0.2, 0.25) is 0 Å². The van der Waals surface area contributed by atoms with E-state index in [2.05, 4.69) is 17.1 Å². The number of aliphatic carboxylic acids is 1. The van der Waals surface area contributed by atoms with Crippen LogP contribution in [0.25, 0.3) is 0 Å². The number of carboxylic acids is 1. The van der Waals surface area contributed by atoms with Gasteiger partial charge in [0, 0.05) is 6.54 Å². The van der Waals surface area contributed by atoms with Gasteiger partial charge in [0.2, 0.25) is 0 Å². The normalized spacial score (nSPS) is 19.3. The molecule has 0 aromatic rings. The van der Waals surface area contributed by atoms with Gasteiger partial charge in [0.25, 0.3) is 0 Å². The molecule has 0 amide bonds. The molecule has 2 N–H and O–H groups in total. The fourth-order valence-corrected chi connectivity index (χ4v) is 2.02. The molecule has 1 aliphatic rings. The van der Waals surface area contributed by atoms with Crippen molar-refractivity contribution in [3.05, 3.63) is 0 Å². The number of piperidine rings is 1. The van der Waals surface area contributed by atoms with Gasteiger partial charge in [0.1, 0.15) is 0 Å². The van der Waals surface area contributed by atoms with E-state index in [1.54, 1.807) is 0 Å². The van der Waals surface area contributed by atoms with Crippen molar-refractivity contribution in [2.24, 2.45) is 5.92 Å². The van der Waals surface area contributed by atoms with E-state index in [-0.39, 0.29) is 6.42 Å². The van der Waals surface area contributed by atoms with Gasteiger partial charge in [-0.15, -0.1) is 0 Å². The lowest BCUT2D eigenvalue weighted by Crippen LogP contribution is -2.38. The summed E-state index contributed by atoms with van der Waals surface area (Å²) in [5.74, 6) is 0.0933. The molecule has 4 nitrogen and oxygen atoms in total. The Kier molecular flexibility index (Phi) is 5.65. The number of nitrogens with one attached hydrogen (secondary N) is 1. The lowest BCUT2D eigenvalue weighted by atomic mass is 9.97. The minimum absolute atomic E-state index is 0.276. The highest BCUT2D eigenvalue weighted by molar-refractivity contribution is 5.66. The standard InChI is InChI=1S/C11H22N2O2/c1-2-12-9-10-3-6-13(7-4-10)8-5-11(14)15/h10,12H,2-9H2,1H3,(H,14,15). The molecule has 1 fully saturated rings. The van der Waals surface area contributed by atoms with Crippen LogP contribution in [0.1, 0.15) is 26.2 Å². The highest BCUT2D eigenvalue weighted by Crippen LogP contribution is 2.16. The molecule has 0 aromatic heterocycles. The Morgan fingerprint density at radius 1 is 1.47 bits per heavy atom. The number of hydrogen-bond acceptors (Lipinski definition) is 3. The van der Waals surface area contributed by atoms with Crippen LogP contribution in [-0.4, -0.2) is 48.7 Å². The molecule has 1 heterocycles. The number of hydrogen-bond donors (Lipinski definition) is 2. The van der Waals surface area contributed by atoms with Crippen molar-refractivity contribution < 1.29 is 9.90 Å². The summed E-state index contributed by atoms with van der Waals surface area (Å²) >= 11 is 0. The zero-order chi connectivity index (χ0) is 11.1. The summed E-state index contributed by atoms with van der Waals surface area (Å²) in [6.07, 6.45) is 2.68. The predicted molar refractivity (Wildman–Crippen MR) is 60.0 cm³/mol. The summed E-state index contributed by atoms with van der Waals surface area (Å²) in [5, 5.41) is 11.9. The van der Waals surface area contributed by atoms with Crippen molar-refractivity contribution in [2.75, 3.05) is 32.7 Å². The summed E-state index contributed by atoms with van der Waals surface area (Å²) in [7, 11) is 0. The highest BCUT2D eigenvalue weighted by atomic mass is 16.4. The van der Waals surface area contributed by atoms with E-state index in [9.17, 15) is 4.79 Å². The molecular weight excluding hydrogens is 192 g/mol. The average Bonchev–Trinajstić information content (AvgIpc) is 2.25. The van der Waals surface area contributed by atoms with Gasteiger partial charge in [-0.2, -0.15) is 0 Å². The monoisotopic (exact) mass is 214 g/mol. The molecule has 0 atom stereocenters. The summed E-state index contributed by atoms with van der Waals surface area (Å²) in [6.45, 7) is 7.11. The van der Waals surface area contributed by atoms with Gasteiger partial charge in [-0.25, -0.2) is 0 Å². The van der Waals surface area contributed by atoms with Crippen molar-refractivity contribution in [3.63, 3.8) is 0 Å². The third-order valence-corrected chi connectivity index (χ3v) is 3.03. The van der Waals surface area contributed by atoms with Crippen LogP contribution in [0.3, 0.4) is 0 Å². The Hall–Kier alpha value is -0.610. The quantitative estimate of drug-likeness (QED) is 0.686. The first-order valence-electron chi connectivity index (χ1n) is 5.87. The lowest BCUT2D eigenvalue weighted by Gasteiger charge is -2.31. The van der Waals surface area contributed by atoms with Crippen LogP contribution in [0.15, 0.2) is 0 Å². The molecule has 88 valence electrons. The molecule has 0 saturated carbocycles. The van der Waals surface area contributed by atoms with Gasteiger partial charge in [-0.1, -0.05) is 6.92 Å². The Balaban J connectivity index is 2.09. The molecule has 15 heavy (non-hydrogen) atoms. The summed E-state index contributed by atoms with van der Waals surface area (Å²) in [6, 6.07) is 0. The molecule has 4 heteroatoms. The Morgan fingerprint density at radius 2 is 2.13 bits per heavy atom. The van der Waals surface area contributed by atoms with Crippen molar-refractivity contribution >= 4 is 5.97 Å². The second-order valence-corrected chi connectivity index (χ2v) is 4.24. The summed E-state index contributed by atoms with van der Waals surface area (Å²) in [5.41, 5.74) is 0. The Morgan fingerprint density at radius 3 is 2.67 bits per heavy atom. The Labute approximate surface area is 91.6 Å². The summed E-state index contributed by atoms with van der Waals surface area (Å²) in [4.78, 5) is 12.7. The minimum Gasteiger partial charge on any atom is -0.481 e. The number of likely N-dealkylation sites (tertiary alicyclic amines) is 1. The van der Waals surface area contributed by atoms with E-state index in [1.165, 1.54) is 12.8 Å². The predicted octanol–water partition coefficient (Wildman–Crippen LogP) is 0.783. The molecule has 0 unspecified atom stereocenters. The van der Waals surface area contributed by atoms with Gasteiger partial charge in [-0.3, -0.25) is 4.79 Å². The molecule has 0 spiro atoms. The minimum atomic E-state index is -0.690. The molecule has 0 aliphatic carbocycles. The molecule has 1 rings (SSSR count). The number of carboxylic acid groups (broad SMARTS) is 1. The van der Waals surface area contributed by atoms with Crippen LogP contribution in [0, 0.1) is 5.92 Å². The van der Waals surface area contributed by atoms with E-state index in [1.807, 2.05) is 0 Å². The smallest absolute Gasteiger partial charge is 0.304 e. The van der Waals surface area contributed by atoms with Gasteiger partial charge in [-0.05, 0) is 44.9 Å². The van der Waals surface area contributed by atoms with Crippen molar-refractivity contribution in [3.8, 4) is 0 Å². The first-order chi connectivity index (χ1) is 7.22. The fourth-order valence-electron chi connectivity index (χ4n) is 2.02. The van der Waals surface area contributed by atoms with Crippen LogP contribution in [0.4, 0.5) is 0 Å². The van der Waals surface area contributed by atoms with E-state index >= 15 is 0 Å². The molecule has 0 radical (unpaired) electrons. The third-order valence-electron chi connectivity index (χ3n) is 3.03. The first kappa shape index (κ1) is 12.5. The van der Waals surface area contributed by atoms with E-state index in [0.717, 1.165) is 32.1 Å². The largest absolute Gasteiger partial charge is 0.481 e. The second kappa shape index (κ2) is 6.80. The van der Waals surface area contributed by atoms with Crippen LogP contribution in [-0.2, 0) is 4.79 Å². The van der Waals surface area contributed by atoms with Gasteiger partial charge < -0.3 is 15.3 Å².